The molecule has 8 nitrogen and oxygen atoms in total. The Morgan fingerprint density at radius 3 is 2.55 bits per heavy atom. The number of benzene rings is 3. The lowest BCUT2D eigenvalue weighted by molar-refractivity contribution is -0.274. The van der Waals surface area contributed by atoms with Crippen LogP contribution in [0.25, 0.3) is 17.1 Å². The number of aryl methyl sites for hydroxylation is 2. The van der Waals surface area contributed by atoms with Crippen LogP contribution in [0.2, 0.25) is 0 Å². The Balaban J connectivity index is 1.11. The van der Waals surface area contributed by atoms with Crippen molar-refractivity contribution in [3.05, 3.63) is 89.7 Å². The predicted molar refractivity (Wildman–Crippen MR) is 168 cm³/mol. The molecule has 2 amide bonds. The highest BCUT2D eigenvalue weighted by Gasteiger charge is 2.31. The monoisotopic (exact) mass is 622 g/mol. The normalized spacial score (nSPS) is 14.4. The summed E-state index contributed by atoms with van der Waals surface area (Å²) in [4.78, 5) is 23.5. The molecule has 1 aromatic heterocycles. The van der Waals surface area contributed by atoms with Crippen LogP contribution in [-0.4, -0.2) is 51.2 Å². The van der Waals surface area contributed by atoms with Crippen LogP contribution >= 0.6 is 11.8 Å². The molecule has 0 atom stereocenters. The van der Waals surface area contributed by atoms with Gasteiger partial charge < -0.3 is 15.0 Å². The number of halogens is 3. The van der Waals surface area contributed by atoms with Crippen molar-refractivity contribution in [3.63, 3.8) is 0 Å². The zero-order chi connectivity index (χ0) is 31.3. The van der Waals surface area contributed by atoms with Crippen molar-refractivity contribution in [2.45, 2.75) is 45.9 Å². The van der Waals surface area contributed by atoms with E-state index >= 15 is 0 Å². The van der Waals surface area contributed by atoms with E-state index in [-0.39, 0.29) is 11.8 Å². The lowest BCUT2D eigenvalue weighted by Crippen LogP contribution is -2.29. The topological polar surface area (TPSA) is 84.6 Å². The molecule has 0 aliphatic carbocycles. The fourth-order valence-corrected chi connectivity index (χ4v) is 5.80. The number of nitrogens with one attached hydrogen (secondary N) is 1. The van der Waals surface area contributed by atoms with Crippen LogP contribution in [0.5, 0.6) is 5.75 Å². The Morgan fingerprint density at radius 1 is 1.09 bits per heavy atom. The van der Waals surface area contributed by atoms with Crippen LogP contribution in [0.15, 0.2) is 78.0 Å². The first-order chi connectivity index (χ1) is 21.1. The fourth-order valence-electron chi connectivity index (χ4n) is 4.85. The van der Waals surface area contributed by atoms with E-state index in [1.807, 2.05) is 24.3 Å². The number of carbonyl (C=O) groups is 1. The van der Waals surface area contributed by atoms with E-state index in [0.29, 0.717) is 24.0 Å². The largest absolute Gasteiger partial charge is 0.573 e. The van der Waals surface area contributed by atoms with Gasteiger partial charge in [0.25, 0.3) is 0 Å². The number of carbonyl (C=O) groups excluding carboxylic acids is 1. The Morgan fingerprint density at radius 2 is 1.84 bits per heavy atom. The number of hydrogen-bond acceptors (Lipinski definition) is 5. The molecular formula is C32H33F3N6O2S. The average molecular weight is 623 g/mol. The summed E-state index contributed by atoms with van der Waals surface area (Å²) in [6, 6.07) is 19.3. The minimum absolute atomic E-state index is 0.303. The first-order valence-corrected chi connectivity index (χ1v) is 15.3. The molecule has 0 bridgehead atoms. The van der Waals surface area contributed by atoms with Gasteiger partial charge in [-0.05, 0) is 72.7 Å². The van der Waals surface area contributed by atoms with E-state index in [9.17, 15) is 18.0 Å². The Kier molecular flexibility index (Phi) is 9.58. The number of amidine groups is 1. The Labute approximate surface area is 258 Å². The highest BCUT2D eigenvalue weighted by atomic mass is 32.2. The van der Waals surface area contributed by atoms with E-state index in [0.717, 1.165) is 47.1 Å². The molecule has 0 spiro atoms. The summed E-state index contributed by atoms with van der Waals surface area (Å²) in [5, 5.41) is 8.09. The molecule has 12 heteroatoms. The van der Waals surface area contributed by atoms with Gasteiger partial charge in [-0.15, -0.1) is 18.3 Å². The lowest BCUT2D eigenvalue weighted by atomic mass is 9.99. The molecule has 44 heavy (non-hydrogen) atoms. The van der Waals surface area contributed by atoms with Gasteiger partial charge in [-0.3, -0.25) is 0 Å². The van der Waals surface area contributed by atoms with Crippen molar-refractivity contribution < 1.29 is 22.7 Å². The summed E-state index contributed by atoms with van der Waals surface area (Å²) < 4.78 is 42.6. The molecule has 0 unspecified atom stereocenters. The number of anilines is 1. The molecule has 1 aliphatic rings. The van der Waals surface area contributed by atoms with E-state index < -0.39 is 6.36 Å². The average Bonchev–Trinajstić information content (AvgIpc) is 3.65. The third kappa shape index (κ3) is 7.98. The third-order valence-corrected chi connectivity index (χ3v) is 7.99. The van der Waals surface area contributed by atoms with Crippen LogP contribution in [-0.2, 0) is 6.42 Å². The second-order valence-electron chi connectivity index (χ2n) is 10.7. The minimum Gasteiger partial charge on any atom is -0.406 e. The number of ether oxygens (including phenoxy) is 1. The van der Waals surface area contributed by atoms with Crippen LogP contribution in [0.4, 0.5) is 23.7 Å². The molecule has 4 aromatic rings. The van der Waals surface area contributed by atoms with Crippen LogP contribution in [0.3, 0.4) is 0 Å². The number of rotatable bonds is 9. The summed E-state index contributed by atoms with van der Waals surface area (Å²) in [5.74, 6) is 1.44. The van der Waals surface area contributed by atoms with Crippen molar-refractivity contribution in [1.82, 2.24) is 20.1 Å². The summed E-state index contributed by atoms with van der Waals surface area (Å²) in [6.07, 6.45) is -1.72. The summed E-state index contributed by atoms with van der Waals surface area (Å²) >= 11 is 1.60. The van der Waals surface area contributed by atoms with Gasteiger partial charge in [0.15, 0.2) is 11.0 Å². The number of hydrogen-bond donors (Lipinski definition) is 1. The van der Waals surface area contributed by atoms with Crippen molar-refractivity contribution in [2.75, 3.05) is 23.7 Å². The lowest BCUT2D eigenvalue weighted by Gasteiger charge is -2.23. The van der Waals surface area contributed by atoms with E-state index in [1.165, 1.54) is 46.4 Å². The highest BCUT2D eigenvalue weighted by Crippen LogP contribution is 2.33. The van der Waals surface area contributed by atoms with Crippen LogP contribution in [0.1, 0.15) is 42.9 Å². The maximum absolute atomic E-state index is 12.6. The van der Waals surface area contributed by atoms with Gasteiger partial charge in [-0.1, -0.05) is 62.0 Å². The molecule has 1 fully saturated rings. The smallest absolute Gasteiger partial charge is 0.406 e. The maximum atomic E-state index is 12.6. The number of amides is 2. The van der Waals surface area contributed by atoms with Gasteiger partial charge >= 0.3 is 12.4 Å². The molecule has 1 aliphatic heterocycles. The molecule has 0 radical (unpaired) electrons. The van der Waals surface area contributed by atoms with Gasteiger partial charge in [0, 0.05) is 30.1 Å². The Hall–Kier alpha value is -4.32. The van der Waals surface area contributed by atoms with Crippen LogP contribution < -0.4 is 15.0 Å². The minimum atomic E-state index is -4.74. The van der Waals surface area contributed by atoms with Crippen molar-refractivity contribution >= 4 is 28.6 Å². The first-order valence-electron chi connectivity index (χ1n) is 14.3. The van der Waals surface area contributed by atoms with E-state index in [2.05, 4.69) is 69.0 Å². The van der Waals surface area contributed by atoms with Gasteiger partial charge in [-0.2, -0.15) is 4.99 Å². The van der Waals surface area contributed by atoms with Crippen LogP contribution in [0, 0.1) is 6.92 Å². The fraction of sp³-hybridized carbons (Fsp3) is 0.312. The summed E-state index contributed by atoms with van der Waals surface area (Å²) in [5.41, 5.74) is 6.01. The zero-order valence-corrected chi connectivity index (χ0v) is 25.5. The number of aliphatic imine (C=N–C) groups is 1. The highest BCUT2D eigenvalue weighted by molar-refractivity contribution is 8.14. The molecule has 0 saturated carbocycles. The quantitative estimate of drug-likeness (QED) is 0.195. The zero-order valence-electron chi connectivity index (χ0n) is 24.6. The SMILES string of the molecule is Cc1ccc(C(C)C)c(N2CCSC2=NC(=O)NCCCc2ccc(-c3ncn(-c4ccc(OC(F)(F)F)cc4)n3)cc2)c1. The molecule has 5 rings (SSSR count). The number of aromatic nitrogens is 3. The van der Waals surface area contributed by atoms with E-state index in [4.69, 9.17) is 0 Å². The van der Waals surface area contributed by atoms with Gasteiger partial charge in [-0.25, -0.2) is 14.5 Å². The maximum Gasteiger partial charge on any atom is 0.573 e. The molecule has 2 heterocycles. The number of nitrogens with zero attached hydrogens (tertiary/aromatic N) is 5. The molecule has 1 saturated heterocycles. The standard InChI is InChI=1S/C32H33F3N6O2S/c1-21(2)27-15-6-22(3)19-28(27)40-17-18-44-31(40)38-30(42)36-16-4-5-23-7-9-24(10-8-23)29-37-20-41(39-29)25-11-13-26(14-12-25)43-32(33,34)35/h6-15,19-21H,4-5,16-18H2,1-3H3,(H,36,42). The summed E-state index contributed by atoms with van der Waals surface area (Å²) in [6.45, 7) is 7.74. The molecule has 3 aromatic carbocycles. The molecule has 230 valence electrons. The van der Waals surface area contributed by atoms with Gasteiger partial charge in [0.05, 0.1) is 5.69 Å². The van der Waals surface area contributed by atoms with Gasteiger partial charge in [0.1, 0.15) is 12.1 Å². The second-order valence-corrected chi connectivity index (χ2v) is 11.8. The second kappa shape index (κ2) is 13.5. The summed E-state index contributed by atoms with van der Waals surface area (Å²) in [7, 11) is 0. The number of alkyl halides is 3. The molecule has 1 N–H and O–H groups in total. The van der Waals surface area contributed by atoms with Crippen molar-refractivity contribution in [3.8, 4) is 22.8 Å². The number of urea groups is 1. The predicted octanol–water partition coefficient (Wildman–Crippen LogP) is 7.52. The third-order valence-electron chi connectivity index (χ3n) is 7.03. The van der Waals surface area contributed by atoms with Crippen molar-refractivity contribution in [2.24, 2.45) is 4.99 Å². The van der Waals surface area contributed by atoms with Crippen molar-refractivity contribution in [1.29, 1.82) is 0 Å². The van der Waals surface area contributed by atoms with E-state index in [1.54, 1.807) is 11.8 Å². The number of thioether (sulfide) groups is 1. The Bertz CT molecular complexity index is 1620. The van der Waals surface area contributed by atoms with Gasteiger partial charge in [0.2, 0.25) is 0 Å². The first kappa shape index (κ1) is 31.1. The molecular weight excluding hydrogens is 589 g/mol.